The van der Waals surface area contributed by atoms with Crippen LogP contribution in [0.4, 0.5) is 0 Å². The Hall–Kier alpha value is -0.610. The number of halogens is 1. The van der Waals surface area contributed by atoms with Crippen LogP contribution in [-0.2, 0) is 14.3 Å². The average molecular weight is 222 g/mol. The highest BCUT2D eigenvalue weighted by atomic mass is 35.5. The molecule has 2 N–H and O–H groups in total. The number of rotatable bonds is 4. The summed E-state index contributed by atoms with van der Waals surface area (Å²) >= 11 is 5.28. The summed E-state index contributed by atoms with van der Waals surface area (Å²) in [6.45, 7) is 5.25. The molecule has 0 spiro atoms. The van der Waals surface area contributed by atoms with E-state index in [1.165, 1.54) is 0 Å². The molecule has 14 heavy (non-hydrogen) atoms. The molecular weight excluding hydrogens is 206 g/mol. The lowest BCUT2D eigenvalue weighted by Crippen LogP contribution is -2.36. The Morgan fingerprint density at radius 1 is 1.43 bits per heavy atom. The molecule has 0 heterocycles. The largest absolute Gasteiger partial charge is 0.460 e. The molecule has 0 rings (SSSR count). The summed E-state index contributed by atoms with van der Waals surface area (Å²) in [6.07, 6.45) is -0.122. The molecule has 0 bridgehead atoms. The summed E-state index contributed by atoms with van der Waals surface area (Å²) in [5, 5.41) is 0. The normalized spacial score (nSPS) is 13.5. The zero-order valence-corrected chi connectivity index (χ0v) is 9.43. The molecule has 0 fully saturated rings. The summed E-state index contributed by atoms with van der Waals surface area (Å²) in [4.78, 5) is 22.1. The molecule has 5 heteroatoms. The molecule has 0 aromatic carbocycles. The number of alkyl halides is 1. The van der Waals surface area contributed by atoms with E-state index >= 15 is 0 Å². The third-order valence-corrected chi connectivity index (χ3v) is 1.62. The maximum absolute atomic E-state index is 11.2. The smallest absolute Gasteiger partial charge is 0.308 e. The third-order valence-electron chi connectivity index (χ3n) is 1.35. The monoisotopic (exact) mass is 221 g/mol. The van der Waals surface area contributed by atoms with E-state index < -0.39 is 17.6 Å². The van der Waals surface area contributed by atoms with Crippen LogP contribution in [0.15, 0.2) is 0 Å². The Bertz CT molecular complexity index is 223. The Kier molecular flexibility index (Phi) is 5.08. The fraction of sp³-hybridized carbons (Fsp3) is 0.778. The van der Waals surface area contributed by atoms with Crippen LogP contribution < -0.4 is 5.73 Å². The van der Waals surface area contributed by atoms with E-state index in [4.69, 9.17) is 22.1 Å². The third kappa shape index (κ3) is 5.94. The molecular formula is C9H16ClNO3. The zero-order valence-electron chi connectivity index (χ0n) is 8.67. The SMILES string of the molecule is CC(C)(C)OC(=O)CC(N)C(=O)CCl. The lowest BCUT2D eigenvalue weighted by molar-refractivity contribution is -0.155. The van der Waals surface area contributed by atoms with Crippen LogP contribution >= 0.6 is 11.6 Å². The van der Waals surface area contributed by atoms with Gasteiger partial charge in [-0.2, -0.15) is 0 Å². The van der Waals surface area contributed by atoms with Crippen molar-refractivity contribution in [1.82, 2.24) is 0 Å². The van der Waals surface area contributed by atoms with Gasteiger partial charge in [0.15, 0.2) is 5.78 Å². The van der Waals surface area contributed by atoms with Crippen LogP contribution in [0.1, 0.15) is 27.2 Å². The summed E-state index contributed by atoms with van der Waals surface area (Å²) < 4.78 is 4.99. The van der Waals surface area contributed by atoms with Gasteiger partial charge in [0, 0.05) is 0 Å². The van der Waals surface area contributed by atoms with Gasteiger partial charge in [0.1, 0.15) is 5.60 Å². The Morgan fingerprint density at radius 3 is 2.29 bits per heavy atom. The van der Waals surface area contributed by atoms with Crippen molar-refractivity contribution in [1.29, 1.82) is 0 Å². The number of ketones is 1. The highest BCUT2D eigenvalue weighted by Gasteiger charge is 2.21. The Labute approximate surface area is 88.7 Å². The molecule has 0 aliphatic carbocycles. The minimum atomic E-state index is -0.859. The van der Waals surface area contributed by atoms with Crippen molar-refractivity contribution < 1.29 is 14.3 Å². The number of ether oxygens (including phenoxy) is 1. The second kappa shape index (κ2) is 5.32. The number of nitrogens with two attached hydrogens (primary N) is 1. The summed E-state index contributed by atoms with van der Waals surface area (Å²) in [5.41, 5.74) is 4.86. The highest BCUT2D eigenvalue weighted by Crippen LogP contribution is 2.09. The quantitative estimate of drug-likeness (QED) is 0.565. The van der Waals surface area contributed by atoms with E-state index in [1.807, 2.05) is 0 Å². The Balaban J connectivity index is 4.01. The number of hydrogen-bond donors (Lipinski definition) is 1. The van der Waals surface area contributed by atoms with Gasteiger partial charge in [0.25, 0.3) is 0 Å². The molecule has 0 aliphatic rings. The second-order valence-corrected chi connectivity index (χ2v) is 4.26. The maximum atomic E-state index is 11.2. The first-order valence-electron chi connectivity index (χ1n) is 4.32. The average Bonchev–Trinajstić information content (AvgIpc) is 1.99. The second-order valence-electron chi connectivity index (χ2n) is 4.00. The predicted octanol–water partition coefficient (Wildman–Crippen LogP) is 0.853. The number of Topliss-reactive ketones (excluding diaryl/α,β-unsaturated/α-hetero) is 1. The summed E-state index contributed by atoms with van der Waals surface area (Å²) in [7, 11) is 0. The highest BCUT2D eigenvalue weighted by molar-refractivity contribution is 6.28. The fourth-order valence-electron chi connectivity index (χ4n) is 0.776. The molecule has 82 valence electrons. The standard InChI is InChI=1S/C9H16ClNO3/c1-9(2,3)14-8(13)4-6(11)7(12)5-10/h6H,4-5,11H2,1-3H3. The van der Waals surface area contributed by atoms with Gasteiger partial charge in [-0.25, -0.2) is 0 Å². The van der Waals surface area contributed by atoms with Crippen molar-refractivity contribution >= 4 is 23.4 Å². The van der Waals surface area contributed by atoms with E-state index in [2.05, 4.69) is 0 Å². The van der Waals surface area contributed by atoms with Gasteiger partial charge in [-0.1, -0.05) is 0 Å². The van der Waals surface area contributed by atoms with Gasteiger partial charge < -0.3 is 10.5 Å². The summed E-state index contributed by atoms with van der Waals surface area (Å²) in [6, 6.07) is -0.859. The van der Waals surface area contributed by atoms with E-state index in [9.17, 15) is 9.59 Å². The van der Waals surface area contributed by atoms with Gasteiger partial charge in [-0.3, -0.25) is 9.59 Å². The van der Waals surface area contributed by atoms with Crippen molar-refractivity contribution in [3.05, 3.63) is 0 Å². The van der Waals surface area contributed by atoms with Crippen LogP contribution in [0.5, 0.6) is 0 Å². The molecule has 0 radical (unpaired) electrons. The van der Waals surface area contributed by atoms with Gasteiger partial charge in [-0.05, 0) is 20.8 Å². The van der Waals surface area contributed by atoms with Crippen LogP contribution in [0, 0.1) is 0 Å². The van der Waals surface area contributed by atoms with Crippen LogP contribution in [0.2, 0.25) is 0 Å². The fourth-order valence-corrected chi connectivity index (χ4v) is 0.974. The van der Waals surface area contributed by atoms with Crippen molar-refractivity contribution in [2.24, 2.45) is 5.73 Å². The molecule has 1 unspecified atom stereocenters. The van der Waals surface area contributed by atoms with Gasteiger partial charge in [-0.15, -0.1) is 11.6 Å². The Morgan fingerprint density at radius 2 is 1.93 bits per heavy atom. The zero-order chi connectivity index (χ0) is 11.4. The van der Waals surface area contributed by atoms with Crippen molar-refractivity contribution in [2.45, 2.75) is 38.8 Å². The minimum absolute atomic E-state index is 0.122. The molecule has 0 amide bonds. The number of carbonyl (C=O) groups excluding carboxylic acids is 2. The van der Waals surface area contributed by atoms with Crippen molar-refractivity contribution in [3.63, 3.8) is 0 Å². The molecule has 0 aliphatic heterocycles. The number of esters is 1. The first-order valence-corrected chi connectivity index (χ1v) is 4.86. The lowest BCUT2D eigenvalue weighted by Gasteiger charge is -2.20. The van der Waals surface area contributed by atoms with Gasteiger partial charge in [0.2, 0.25) is 0 Å². The maximum Gasteiger partial charge on any atom is 0.308 e. The molecule has 0 saturated carbocycles. The van der Waals surface area contributed by atoms with Crippen molar-refractivity contribution in [3.8, 4) is 0 Å². The van der Waals surface area contributed by atoms with E-state index in [0.29, 0.717) is 0 Å². The van der Waals surface area contributed by atoms with E-state index in [1.54, 1.807) is 20.8 Å². The van der Waals surface area contributed by atoms with Gasteiger partial charge >= 0.3 is 5.97 Å². The first kappa shape index (κ1) is 13.4. The molecule has 4 nitrogen and oxygen atoms in total. The minimum Gasteiger partial charge on any atom is -0.460 e. The first-order chi connectivity index (χ1) is 6.26. The molecule has 0 aromatic heterocycles. The van der Waals surface area contributed by atoms with Crippen LogP contribution in [0.3, 0.4) is 0 Å². The summed E-state index contributed by atoms with van der Waals surface area (Å²) in [5.74, 6) is -1.01. The van der Waals surface area contributed by atoms with E-state index in [0.717, 1.165) is 0 Å². The van der Waals surface area contributed by atoms with Gasteiger partial charge in [0.05, 0.1) is 18.3 Å². The topological polar surface area (TPSA) is 69.4 Å². The molecule has 0 saturated heterocycles. The molecule has 1 atom stereocenters. The number of carbonyl (C=O) groups is 2. The predicted molar refractivity (Wildman–Crippen MR) is 54.2 cm³/mol. The molecule has 0 aromatic rings. The lowest BCUT2D eigenvalue weighted by atomic mass is 10.1. The van der Waals surface area contributed by atoms with Crippen LogP contribution in [0.25, 0.3) is 0 Å². The van der Waals surface area contributed by atoms with Crippen molar-refractivity contribution in [2.75, 3.05) is 5.88 Å². The van der Waals surface area contributed by atoms with Crippen LogP contribution in [-0.4, -0.2) is 29.3 Å². The number of hydrogen-bond acceptors (Lipinski definition) is 4. The van der Waals surface area contributed by atoms with E-state index in [-0.39, 0.29) is 18.1 Å².